The molecule has 0 spiro atoms. The first-order valence-electron chi connectivity index (χ1n) is 13.6. The number of quaternary nitrogens is 1. The lowest BCUT2D eigenvalue weighted by molar-refractivity contribution is -0.939. The SMILES string of the molecule is O=C(C[N+]12CCC(CC1)[C@@H](OC(=O)C(O)(c1ccccc1)c1ccccc1)C2)NCC1CCCCC1. The number of amides is 1. The van der Waals surface area contributed by atoms with Gasteiger partial charge in [-0.1, -0.05) is 79.9 Å². The van der Waals surface area contributed by atoms with E-state index in [0.717, 1.165) is 32.5 Å². The van der Waals surface area contributed by atoms with Crippen LogP contribution in [0.4, 0.5) is 0 Å². The van der Waals surface area contributed by atoms with Gasteiger partial charge in [0.1, 0.15) is 6.54 Å². The first kappa shape index (κ1) is 25.0. The van der Waals surface area contributed by atoms with Crippen LogP contribution in [0.15, 0.2) is 60.7 Å². The predicted octanol–water partition coefficient (Wildman–Crippen LogP) is 3.77. The fourth-order valence-corrected chi connectivity index (χ4v) is 6.57. The minimum Gasteiger partial charge on any atom is -0.453 e. The summed E-state index contributed by atoms with van der Waals surface area (Å²) < 4.78 is 6.79. The third-order valence-corrected chi connectivity index (χ3v) is 8.77. The number of nitrogens with one attached hydrogen (secondary N) is 1. The Morgan fingerprint density at radius 2 is 1.47 bits per heavy atom. The first-order chi connectivity index (χ1) is 17.5. The number of carbonyl (C=O) groups excluding carboxylic acids is 2. The van der Waals surface area contributed by atoms with E-state index in [1.807, 2.05) is 36.4 Å². The maximum absolute atomic E-state index is 13.7. The molecule has 1 aliphatic carbocycles. The zero-order valence-electron chi connectivity index (χ0n) is 21.1. The molecule has 2 aromatic carbocycles. The number of piperidine rings is 3. The molecular formula is C30H39N2O4+. The third kappa shape index (κ3) is 5.21. The Kier molecular flexibility index (Phi) is 7.44. The molecule has 2 aromatic rings. The van der Waals surface area contributed by atoms with Crippen molar-refractivity contribution in [2.24, 2.45) is 11.8 Å². The van der Waals surface area contributed by atoms with Crippen LogP contribution in [0.3, 0.4) is 0 Å². The Labute approximate surface area is 214 Å². The maximum Gasteiger partial charge on any atom is 0.348 e. The molecule has 6 heteroatoms. The summed E-state index contributed by atoms with van der Waals surface area (Å²) in [5, 5.41) is 15.0. The maximum atomic E-state index is 13.7. The molecule has 0 aromatic heterocycles. The number of hydrogen-bond donors (Lipinski definition) is 2. The van der Waals surface area contributed by atoms with Crippen LogP contribution in [0.5, 0.6) is 0 Å². The van der Waals surface area contributed by atoms with Crippen molar-refractivity contribution in [1.82, 2.24) is 5.32 Å². The second-order valence-electron chi connectivity index (χ2n) is 11.2. The predicted molar refractivity (Wildman–Crippen MR) is 138 cm³/mol. The van der Waals surface area contributed by atoms with Gasteiger partial charge in [-0.15, -0.1) is 0 Å². The standard InChI is InChI=1S/C30H38N2O4/c33-28(31-20-23-10-4-1-5-11-23)22-32-18-16-24(17-19-32)27(21-32)36-29(34)30(35,25-12-6-2-7-13-25)26-14-8-3-9-15-26/h2-3,6-9,12-15,23-24,27,35H,1,4-5,10-11,16-22H2/p+1/t24?,27-,32?/m0/s1. The molecule has 4 aliphatic rings. The number of hydrogen-bond acceptors (Lipinski definition) is 4. The number of nitrogens with zero attached hydrogens (tertiary/aromatic N) is 1. The summed E-state index contributed by atoms with van der Waals surface area (Å²) >= 11 is 0. The quantitative estimate of drug-likeness (QED) is 0.435. The summed E-state index contributed by atoms with van der Waals surface area (Å²) in [6.07, 6.45) is 7.85. The second-order valence-corrected chi connectivity index (χ2v) is 11.2. The number of aliphatic hydroxyl groups is 1. The third-order valence-electron chi connectivity index (χ3n) is 8.77. The zero-order valence-corrected chi connectivity index (χ0v) is 21.1. The molecule has 0 radical (unpaired) electrons. The Bertz CT molecular complexity index is 988. The molecule has 6 rings (SSSR count). The molecule has 3 aliphatic heterocycles. The van der Waals surface area contributed by atoms with E-state index in [9.17, 15) is 14.7 Å². The first-order valence-corrected chi connectivity index (χ1v) is 13.6. The van der Waals surface area contributed by atoms with Gasteiger partial charge in [-0.2, -0.15) is 0 Å². The number of fused-ring (bicyclic) bond motifs is 3. The van der Waals surface area contributed by atoms with E-state index in [0.29, 0.717) is 34.6 Å². The van der Waals surface area contributed by atoms with Crippen LogP contribution in [-0.4, -0.2) is 60.3 Å². The van der Waals surface area contributed by atoms with Crippen LogP contribution in [0.1, 0.15) is 56.1 Å². The normalized spacial score (nSPS) is 26.4. The molecule has 1 saturated carbocycles. The Hall–Kier alpha value is -2.70. The van der Waals surface area contributed by atoms with Crippen LogP contribution in [-0.2, 0) is 19.9 Å². The number of rotatable bonds is 8. The van der Waals surface area contributed by atoms with Gasteiger partial charge in [-0.3, -0.25) is 4.79 Å². The van der Waals surface area contributed by atoms with Gasteiger partial charge in [-0.05, 0) is 29.9 Å². The van der Waals surface area contributed by atoms with Crippen molar-refractivity contribution in [3.8, 4) is 0 Å². The van der Waals surface area contributed by atoms with Gasteiger partial charge in [0, 0.05) is 25.3 Å². The molecular weight excluding hydrogens is 452 g/mol. The zero-order chi connectivity index (χ0) is 25.0. The van der Waals surface area contributed by atoms with Crippen molar-refractivity contribution in [3.05, 3.63) is 71.8 Å². The fraction of sp³-hybridized carbons (Fsp3) is 0.533. The van der Waals surface area contributed by atoms with Crippen LogP contribution in [0.25, 0.3) is 0 Å². The minimum absolute atomic E-state index is 0.107. The summed E-state index contributed by atoms with van der Waals surface area (Å²) in [7, 11) is 0. The molecule has 1 amide bonds. The second kappa shape index (κ2) is 10.7. The smallest absolute Gasteiger partial charge is 0.348 e. The van der Waals surface area contributed by atoms with Gasteiger partial charge in [0.25, 0.3) is 5.91 Å². The lowest BCUT2D eigenvalue weighted by Crippen LogP contribution is -2.67. The number of benzene rings is 2. The molecule has 1 atom stereocenters. The molecule has 6 nitrogen and oxygen atoms in total. The molecule has 3 heterocycles. The van der Waals surface area contributed by atoms with Crippen LogP contribution >= 0.6 is 0 Å². The van der Waals surface area contributed by atoms with Crippen molar-refractivity contribution in [2.45, 2.75) is 56.7 Å². The topological polar surface area (TPSA) is 75.6 Å². The van der Waals surface area contributed by atoms with E-state index in [4.69, 9.17) is 4.74 Å². The van der Waals surface area contributed by atoms with Crippen LogP contribution < -0.4 is 5.32 Å². The summed E-state index contributed by atoms with van der Waals surface area (Å²) in [5.41, 5.74) is -0.890. The van der Waals surface area contributed by atoms with E-state index in [1.54, 1.807) is 24.3 Å². The lowest BCUT2D eigenvalue weighted by Gasteiger charge is -2.51. The molecule has 36 heavy (non-hydrogen) atoms. The molecule has 2 bridgehead atoms. The highest BCUT2D eigenvalue weighted by atomic mass is 16.6. The Morgan fingerprint density at radius 1 is 0.889 bits per heavy atom. The van der Waals surface area contributed by atoms with E-state index in [-0.39, 0.29) is 17.9 Å². The Balaban J connectivity index is 1.27. The van der Waals surface area contributed by atoms with Gasteiger partial charge >= 0.3 is 5.97 Å². The van der Waals surface area contributed by atoms with Gasteiger partial charge in [0.2, 0.25) is 5.60 Å². The largest absolute Gasteiger partial charge is 0.453 e. The average molecular weight is 492 g/mol. The molecule has 2 N–H and O–H groups in total. The van der Waals surface area contributed by atoms with Crippen LogP contribution in [0, 0.1) is 11.8 Å². The lowest BCUT2D eigenvalue weighted by atomic mass is 9.82. The summed E-state index contributed by atoms with van der Waals surface area (Å²) in [6.45, 7) is 3.73. The molecule has 192 valence electrons. The highest BCUT2D eigenvalue weighted by Gasteiger charge is 2.51. The van der Waals surface area contributed by atoms with Crippen molar-refractivity contribution < 1.29 is 23.9 Å². The summed E-state index contributed by atoms with van der Waals surface area (Å²) in [4.78, 5) is 26.6. The van der Waals surface area contributed by atoms with Crippen molar-refractivity contribution in [1.29, 1.82) is 0 Å². The highest BCUT2D eigenvalue weighted by Crippen LogP contribution is 2.38. The van der Waals surface area contributed by atoms with Gasteiger partial charge in [0.15, 0.2) is 12.6 Å². The summed E-state index contributed by atoms with van der Waals surface area (Å²) in [6, 6.07) is 18.0. The van der Waals surface area contributed by atoms with E-state index in [2.05, 4.69) is 5.32 Å². The molecule has 0 unspecified atom stereocenters. The number of ether oxygens (including phenoxy) is 1. The van der Waals surface area contributed by atoms with Gasteiger partial charge < -0.3 is 19.6 Å². The fourth-order valence-electron chi connectivity index (χ4n) is 6.57. The highest BCUT2D eigenvalue weighted by molar-refractivity contribution is 5.85. The van der Waals surface area contributed by atoms with E-state index >= 15 is 0 Å². The minimum atomic E-state index is -1.88. The van der Waals surface area contributed by atoms with Crippen molar-refractivity contribution >= 4 is 11.9 Å². The Morgan fingerprint density at radius 3 is 2.06 bits per heavy atom. The van der Waals surface area contributed by atoms with E-state index in [1.165, 1.54) is 32.1 Å². The van der Waals surface area contributed by atoms with Crippen molar-refractivity contribution in [3.63, 3.8) is 0 Å². The van der Waals surface area contributed by atoms with Crippen LogP contribution in [0.2, 0.25) is 0 Å². The van der Waals surface area contributed by atoms with Gasteiger partial charge in [0.05, 0.1) is 13.1 Å². The summed E-state index contributed by atoms with van der Waals surface area (Å²) in [5.74, 6) is 0.349. The monoisotopic (exact) mass is 491 g/mol. The van der Waals surface area contributed by atoms with Gasteiger partial charge in [-0.25, -0.2) is 4.79 Å². The average Bonchev–Trinajstić information content (AvgIpc) is 2.93. The molecule has 4 fully saturated rings. The molecule has 3 saturated heterocycles. The van der Waals surface area contributed by atoms with Crippen molar-refractivity contribution in [2.75, 3.05) is 32.7 Å². The number of esters is 1. The number of carbonyl (C=O) groups is 2. The van der Waals surface area contributed by atoms with E-state index < -0.39 is 11.6 Å².